The zero-order chi connectivity index (χ0) is 21.4. The van der Waals surface area contributed by atoms with E-state index >= 15 is 0 Å². The number of hydrogen-bond acceptors (Lipinski definition) is 4. The summed E-state index contributed by atoms with van der Waals surface area (Å²) < 4.78 is 5.82. The minimum atomic E-state index is -0.306. The van der Waals surface area contributed by atoms with Crippen LogP contribution < -0.4 is 0 Å². The Morgan fingerprint density at radius 2 is 1.40 bits per heavy atom. The quantitative estimate of drug-likeness (QED) is 0.656. The number of nitrogens with zero attached hydrogens (tertiary/aromatic N) is 2. The molecule has 2 unspecified atom stereocenters. The van der Waals surface area contributed by atoms with Crippen LogP contribution in [0.15, 0.2) is 54.2 Å². The molecule has 0 radical (unpaired) electrons. The molecule has 30 heavy (non-hydrogen) atoms. The molecule has 2 atom stereocenters. The molecule has 2 aromatic rings. The number of imide groups is 1. The molecule has 2 aliphatic heterocycles. The molecule has 2 aromatic carbocycles. The van der Waals surface area contributed by atoms with E-state index in [1.165, 1.54) is 4.90 Å². The molecule has 0 spiro atoms. The molecule has 1 saturated heterocycles. The van der Waals surface area contributed by atoms with Gasteiger partial charge in [-0.1, -0.05) is 47.5 Å². The highest BCUT2D eigenvalue weighted by Gasteiger charge is 2.43. The van der Waals surface area contributed by atoms with E-state index in [4.69, 9.17) is 27.9 Å². The van der Waals surface area contributed by atoms with Gasteiger partial charge in [-0.3, -0.25) is 14.5 Å². The SMILES string of the molecule is CC1CN(C2=C(c3ccc(Cl)cc3)C(=O)N(Cc3ccc(Cl)cc3)C2=O)CC(C)O1. The third-order valence-electron chi connectivity index (χ3n) is 5.27. The lowest BCUT2D eigenvalue weighted by Crippen LogP contribution is -2.46. The molecule has 0 aliphatic carbocycles. The molecule has 0 saturated carbocycles. The van der Waals surface area contributed by atoms with Crippen molar-refractivity contribution in [3.8, 4) is 0 Å². The van der Waals surface area contributed by atoms with Crippen LogP contribution in [-0.4, -0.2) is 46.9 Å². The fraction of sp³-hybridized carbons (Fsp3) is 0.304. The standard InChI is InChI=1S/C23H22Cl2N2O3/c1-14-11-26(12-15(2)30-14)21-20(17-5-9-19(25)10-6-17)22(28)27(23(21)29)13-16-3-7-18(24)8-4-16/h3-10,14-15H,11-13H2,1-2H3. The molecule has 7 heteroatoms. The van der Waals surface area contributed by atoms with Crippen LogP contribution in [0.25, 0.3) is 5.57 Å². The molecule has 1 fully saturated rings. The Hall–Kier alpha value is -2.34. The van der Waals surface area contributed by atoms with Gasteiger partial charge in [-0.2, -0.15) is 0 Å². The van der Waals surface area contributed by atoms with Gasteiger partial charge in [-0.25, -0.2) is 0 Å². The second-order valence-electron chi connectivity index (χ2n) is 7.72. The number of halogens is 2. The lowest BCUT2D eigenvalue weighted by atomic mass is 10.0. The average molecular weight is 445 g/mol. The van der Waals surface area contributed by atoms with E-state index in [2.05, 4.69) is 0 Å². The first-order valence-electron chi connectivity index (χ1n) is 9.84. The van der Waals surface area contributed by atoms with Crippen molar-refractivity contribution in [3.05, 3.63) is 75.4 Å². The summed E-state index contributed by atoms with van der Waals surface area (Å²) in [5, 5.41) is 1.18. The van der Waals surface area contributed by atoms with E-state index in [0.29, 0.717) is 40.0 Å². The smallest absolute Gasteiger partial charge is 0.278 e. The fourth-order valence-corrected chi connectivity index (χ4v) is 4.26. The first-order valence-corrected chi connectivity index (χ1v) is 10.6. The Balaban J connectivity index is 1.74. The van der Waals surface area contributed by atoms with Crippen molar-refractivity contribution >= 4 is 40.6 Å². The molecule has 0 aromatic heterocycles. The maximum absolute atomic E-state index is 13.5. The molecule has 0 N–H and O–H groups in total. The number of ether oxygens (including phenoxy) is 1. The topological polar surface area (TPSA) is 49.9 Å². The summed E-state index contributed by atoms with van der Waals surface area (Å²) in [5.41, 5.74) is 2.35. The number of carbonyl (C=O) groups is 2. The first kappa shape index (κ1) is 20.9. The van der Waals surface area contributed by atoms with Gasteiger partial charge in [0.25, 0.3) is 11.8 Å². The predicted octanol–water partition coefficient (Wildman–Crippen LogP) is 4.38. The van der Waals surface area contributed by atoms with Crippen LogP contribution in [0.4, 0.5) is 0 Å². The highest BCUT2D eigenvalue weighted by atomic mass is 35.5. The van der Waals surface area contributed by atoms with Crippen LogP contribution in [0, 0.1) is 0 Å². The Bertz CT molecular complexity index is 992. The summed E-state index contributed by atoms with van der Waals surface area (Å²) in [6.45, 7) is 5.22. The van der Waals surface area contributed by atoms with Crippen molar-refractivity contribution in [3.63, 3.8) is 0 Å². The normalized spacial score (nSPS) is 22.3. The lowest BCUT2D eigenvalue weighted by molar-refractivity contribution is -0.139. The maximum atomic E-state index is 13.5. The molecule has 0 bridgehead atoms. The zero-order valence-electron chi connectivity index (χ0n) is 16.8. The number of morpholine rings is 1. The summed E-state index contributed by atoms with van der Waals surface area (Å²) in [4.78, 5) is 30.2. The van der Waals surface area contributed by atoms with Gasteiger partial charge in [0.1, 0.15) is 5.70 Å². The van der Waals surface area contributed by atoms with E-state index in [1.54, 1.807) is 36.4 Å². The van der Waals surface area contributed by atoms with Gasteiger partial charge in [0.2, 0.25) is 0 Å². The summed E-state index contributed by atoms with van der Waals surface area (Å²) in [5.74, 6) is -0.597. The van der Waals surface area contributed by atoms with Crippen LogP contribution in [-0.2, 0) is 20.9 Å². The lowest BCUT2D eigenvalue weighted by Gasteiger charge is -2.37. The van der Waals surface area contributed by atoms with E-state index in [0.717, 1.165) is 5.56 Å². The van der Waals surface area contributed by atoms with Gasteiger partial charge in [0, 0.05) is 23.1 Å². The number of amides is 2. The van der Waals surface area contributed by atoms with Crippen LogP contribution in [0.1, 0.15) is 25.0 Å². The van der Waals surface area contributed by atoms with Gasteiger partial charge >= 0.3 is 0 Å². The van der Waals surface area contributed by atoms with Gasteiger partial charge in [0.15, 0.2) is 0 Å². The van der Waals surface area contributed by atoms with Gasteiger partial charge in [0.05, 0.1) is 24.3 Å². The third kappa shape index (κ3) is 4.10. The predicted molar refractivity (Wildman–Crippen MR) is 117 cm³/mol. The van der Waals surface area contributed by atoms with Gasteiger partial charge in [-0.05, 0) is 49.2 Å². The van der Waals surface area contributed by atoms with Crippen molar-refractivity contribution in [1.29, 1.82) is 0 Å². The second kappa shape index (κ2) is 8.42. The Morgan fingerprint density at radius 3 is 1.97 bits per heavy atom. The Labute approximate surface area is 185 Å². The van der Waals surface area contributed by atoms with E-state index in [9.17, 15) is 9.59 Å². The summed E-state index contributed by atoms with van der Waals surface area (Å²) in [6, 6.07) is 14.2. The molecule has 2 heterocycles. The largest absolute Gasteiger partial charge is 0.372 e. The number of rotatable bonds is 4. The molecule has 2 amide bonds. The van der Waals surface area contributed by atoms with Gasteiger partial charge in [-0.15, -0.1) is 0 Å². The number of hydrogen-bond donors (Lipinski definition) is 0. The van der Waals surface area contributed by atoms with E-state index in [1.807, 2.05) is 30.9 Å². The monoisotopic (exact) mass is 444 g/mol. The second-order valence-corrected chi connectivity index (χ2v) is 8.59. The zero-order valence-corrected chi connectivity index (χ0v) is 18.3. The van der Waals surface area contributed by atoms with E-state index < -0.39 is 0 Å². The van der Waals surface area contributed by atoms with Crippen LogP contribution in [0.3, 0.4) is 0 Å². The number of benzene rings is 2. The van der Waals surface area contributed by atoms with Crippen LogP contribution >= 0.6 is 23.2 Å². The van der Waals surface area contributed by atoms with Crippen molar-refractivity contribution in [2.75, 3.05) is 13.1 Å². The Kier molecular flexibility index (Phi) is 5.87. The molecule has 2 aliphatic rings. The molecular weight excluding hydrogens is 423 g/mol. The van der Waals surface area contributed by atoms with E-state index in [-0.39, 0.29) is 30.6 Å². The van der Waals surface area contributed by atoms with Crippen molar-refractivity contribution in [2.45, 2.75) is 32.6 Å². The number of carbonyl (C=O) groups excluding carboxylic acids is 2. The first-order chi connectivity index (χ1) is 14.3. The molecule has 5 nitrogen and oxygen atoms in total. The minimum Gasteiger partial charge on any atom is -0.372 e. The third-order valence-corrected chi connectivity index (χ3v) is 5.77. The van der Waals surface area contributed by atoms with Crippen LogP contribution in [0.2, 0.25) is 10.0 Å². The molecule has 4 rings (SSSR count). The summed E-state index contributed by atoms with van der Waals surface area (Å²) in [7, 11) is 0. The highest BCUT2D eigenvalue weighted by molar-refractivity contribution is 6.36. The van der Waals surface area contributed by atoms with Gasteiger partial charge < -0.3 is 9.64 Å². The average Bonchev–Trinajstić information content (AvgIpc) is 2.94. The fourth-order valence-electron chi connectivity index (χ4n) is 4.01. The summed E-state index contributed by atoms with van der Waals surface area (Å²) >= 11 is 12.0. The minimum absolute atomic E-state index is 0.0408. The molecular formula is C23H22Cl2N2O3. The van der Waals surface area contributed by atoms with Crippen molar-refractivity contribution in [2.24, 2.45) is 0 Å². The molecule has 156 valence electrons. The van der Waals surface area contributed by atoms with Crippen molar-refractivity contribution < 1.29 is 14.3 Å². The van der Waals surface area contributed by atoms with Crippen LogP contribution in [0.5, 0.6) is 0 Å². The maximum Gasteiger partial charge on any atom is 0.278 e. The highest BCUT2D eigenvalue weighted by Crippen LogP contribution is 2.34. The van der Waals surface area contributed by atoms with Crippen molar-refractivity contribution in [1.82, 2.24) is 9.80 Å². The Morgan fingerprint density at radius 1 is 0.867 bits per heavy atom. The summed E-state index contributed by atoms with van der Waals surface area (Å²) in [6.07, 6.45) is -0.0816.